The number of nitrogens with zero attached hydrogens (tertiary/aromatic N) is 1. The Kier molecular flexibility index (Phi) is 4.04. The Morgan fingerprint density at radius 1 is 0.933 bits per heavy atom. The molecular formula is C13H25NO. The highest BCUT2D eigenvalue weighted by Gasteiger charge is 2.41. The molecule has 0 unspecified atom stereocenters. The van der Waals surface area contributed by atoms with Crippen molar-refractivity contribution in [3.8, 4) is 0 Å². The third-order valence-electron chi connectivity index (χ3n) is 4.16. The second kappa shape index (κ2) is 5.31. The minimum atomic E-state index is 0.360. The van der Waals surface area contributed by atoms with Gasteiger partial charge < -0.3 is 10.0 Å². The number of hydrogen-bond acceptors (Lipinski definition) is 2. The van der Waals surface area contributed by atoms with Crippen LogP contribution in [0.4, 0.5) is 0 Å². The van der Waals surface area contributed by atoms with Crippen LogP contribution in [0.15, 0.2) is 0 Å². The zero-order valence-corrected chi connectivity index (χ0v) is 9.88. The minimum Gasteiger partial charge on any atom is -0.396 e. The van der Waals surface area contributed by atoms with Crippen LogP contribution in [0, 0.1) is 5.41 Å². The van der Waals surface area contributed by atoms with E-state index in [-0.39, 0.29) is 0 Å². The Bertz CT molecular complexity index is 177. The van der Waals surface area contributed by atoms with Crippen molar-refractivity contribution in [1.82, 2.24) is 4.90 Å². The largest absolute Gasteiger partial charge is 0.396 e. The van der Waals surface area contributed by atoms with Gasteiger partial charge in [-0.1, -0.05) is 25.7 Å². The Hall–Kier alpha value is -0.0800. The van der Waals surface area contributed by atoms with E-state index in [4.69, 9.17) is 5.11 Å². The fourth-order valence-corrected chi connectivity index (χ4v) is 3.30. The zero-order valence-electron chi connectivity index (χ0n) is 9.88. The van der Waals surface area contributed by atoms with Gasteiger partial charge in [0.1, 0.15) is 0 Å². The van der Waals surface area contributed by atoms with E-state index < -0.39 is 0 Å². The number of rotatable bonds is 4. The highest BCUT2D eigenvalue weighted by Crippen LogP contribution is 2.42. The molecule has 0 radical (unpaired) electrons. The molecule has 2 rings (SSSR count). The van der Waals surface area contributed by atoms with Gasteiger partial charge in [0.25, 0.3) is 0 Å². The van der Waals surface area contributed by atoms with E-state index in [0.29, 0.717) is 6.61 Å². The molecule has 0 aromatic rings. The van der Waals surface area contributed by atoms with Crippen molar-refractivity contribution in [2.75, 3.05) is 26.2 Å². The maximum atomic E-state index is 8.73. The molecule has 15 heavy (non-hydrogen) atoms. The van der Waals surface area contributed by atoms with Crippen LogP contribution in [0.5, 0.6) is 0 Å². The lowest BCUT2D eigenvalue weighted by Crippen LogP contribution is -2.56. The van der Waals surface area contributed by atoms with Crippen LogP contribution in [-0.4, -0.2) is 36.2 Å². The summed E-state index contributed by atoms with van der Waals surface area (Å²) in [7, 11) is 0. The lowest BCUT2D eigenvalue weighted by Gasteiger charge is -2.50. The quantitative estimate of drug-likeness (QED) is 0.722. The SMILES string of the molecule is OCCCCN1CC2(CCCCCC2)C1. The Balaban J connectivity index is 1.66. The molecular weight excluding hydrogens is 186 g/mol. The molecule has 1 heterocycles. The van der Waals surface area contributed by atoms with E-state index in [1.165, 1.54) is 64.6 Å². The van der Waals surface area contributed by atoms with Crippen molar-refractivity contribution < 1.29 is 5.11 Å². The molecule has 2 heteroatoms. The monoisotopic (exact) mass is 211 g/mol. The summed E-state index contributed by atoms with van der Waals surface area (Å²) in [6.45, 7) is 4.26. The minimum absolute atomic E-state index is 0.360. The first kappa shape index (κ1) is 11.4. The molecule has 2 fully saturated rings. The topological polar surface area (TPSA) is 23.5 Å². The molecule has 0 amide bonds. The zero-order chi connectivity index (χ0) is 10.6. The summed E-state index contributed by atoms with van der Waals surface area (Å²) in [4.78, 5) is 2.58. The van der Waals surface area contributed by atoms with Crippen molar-refractivity contribution in [1.29, 1.82) is 0 Å². The van der Waals surface area contributed by atoms with Crippen LogP contribution in [0.25, 0.3) is 0 Å². The van der Waals surface area contributed by atoms with E-state index in [1.54, 1.807) is 0 Å². The average Bonchev–Trinajstić information content (AvgIpc) is 2.42. The van der Waals surface area contributed by atoms with Crippen LogP contribution in [0.3, 0.4) is 0 Å². The fourth-order valence-electron chi connectivity index (χ4n) is 3.30. The normalized spacial score (nSPS) is 26.2. The Morgan fingerprint density at radius 2 is 1.60 bits per heavy atom. The van der Waals surface area contributed by atoms with Crippen molar-refractivity contribution in [2.45, 2.75) is 51.4 Å². The van der Waals surface area contributed by atoms with Crippen molar-refractivity contribution in [3.05, 3.63) is 0 Å². The van der Waals surface area contributed by atoms with E-state index in [0.717, 1.165) is 11.8 Å². The molecule has 2 nitrogen and oxygen atoms in total. The molecule has 2 aliphatic rings. The molecule has 88 valence electrons. The number of aliphatic hydroxyl groups is 1. The van der Waals surface area contributed by atoms with Gasteiger partial charge in [0, 0.05) is 19.7 Å². The summed E-state index contributed by atoms with van der Waals surface area (Å²) in [5.41, 5.74) is 0.718. The maximum Gasteiger partial charge on any atom is 0.0431 e. The van der Waals surface area contributed by atoms with Gasteiger partial charge in [-0.25, -0.2) is 0 Å². The number of unbranched alkanes of at least 4 members (excludes halogenated alkanes) is 1. The van der Waals surface area contributed by atoms with Crippen LogP contribution in [0.1, 0.15) is 51.4 Å². The fraction of sp³-hybridized carbons (Fsp3) is 1.00. The molecule has 0 atom stereocenters. The van der Waals surface area contributed by atoms with Gasteiger partial charge in [-0.3, -0.25) is 0 Å². The van der Waals surface area contributed by atoms with E-state index in [9.17, 15) is 0 Å². The van der Waals surface area contributed by atoms with Crippen LogP contribution in [0.2, 0.25) is 0 Å². The molecule has 0 aromatic carbocycles. The molecule has 1 spiro atoms. The summed E-state index contributed by atoms with van der Waals surface area (Å²) in [6, 6.07) is 0. The number of likely N-dealkylation sites (tertiary alicyclic amines) is 1. The summed E-state index contributed by atoms with van der Waals surface area (Å²) in [5, 5.41) is 8.73. The van der Waals surface area contributed by atoms with Gasteiger partial charge >= 0.3 is 0 Å². The average molecular weight is 211 g/mol. The van der Waals surface area contributed by atoms with Gasteiger partial charge in [-0.05, 0) is 37.6 Å². The Morgan fingerprint density at radius 3 is 2.20 bits per heavy atom. The summed E-state index contributed by atoms with van der Waals surface area (Å²) in [5.74, 6) is 0. The molecule has 0 aromatic heterocycles. The Labute approximate surface area is 93.7 Å². The van der Waals surface area contributed by atoms with E-state index in [1.807, 2.05) is 0 Å². The predicted octanol–water partition coefficient (Wildman–Crippen LogP) is 2.42. The number of aliphatic hydroxyl groups excluding tert-OH is 1. The molecule has 1 N–H and O–H groups in total. The van der Waals surface area contributed by atoms with Gasteiger partial charge in [0.15, 0.2) is 0 Å². The summed E-state index contributed by atoms with van der Waals surface area (Å²) >= 11 is 0. The first-order valence-electron chi connectivity index (χ1n) is 6.68. The van der Waals surface area contributed by atoms with Gasteiger partial charge in [-0.15, -0.1) is 0 Å². The van der Waals surface area contributed by atoms with Crippen molar-refractivity contribution in [2.24, 2.45) is 5.41 Å². The molecule has 1 saturated heterocycles. The standard InChI is InChI=1S/C13H25NO/c15-10-6-5-9-14-11-13(12-14)7-3-1-2-4-8-13/h15H,1-12H2. The third-order valence-corrected chi connectivity index (χ3v) is 4.16. The van der Waals surface area contributed by atoms with Crippen molar-refractivity contribution in [3.63, 3.8) is 0 Å². The second-order valence-electron chi connectivity index (χ2n) is 5.56. The summed E-state index contributed by atoms with van der Waals surface area (Å²) < 4.78 is 0. The first-order chi connectivity index (χ1) is 7.35. The smallest absolute Gasteiger partial charge is 0.0431 e. The first-order valence-corrected chi connectivity index (χ1v) is 6.68. The predicted molar refractivity (Wildman–Crippen MR) is 62.9 cm³/mol. The summed E-state index contributed by atoms with van der Waals surface area (Å²) in [6.07, 6.45) is 11.0. The third kappa shape index (κ3) is 2.94. The second-order valence-corrected chi connectivity index (χ2v) is 5.56. The van der Waals surface area contributed by atoms with Crippen molar-refractivity contribution >= 4 is 0 Å². The maximum absolute atomic E-state index is 8.73. The highest BCUT2D eigenvalue weighted by atomic mass is 16.2. The molecule has 1 aliphatic carbocycles. The van der Waals surface area contributed by atoms with Crippen LogP contribution in [-0.2, 0) is 0 Å². The molecule has 0 bridgehead atoms. The molecule has 1 aliphatic heterocycles. The van der Waals surface area contributed by atoms with Gasteiger partial charge in [-0.2, -0.15) is 0 Å². The number of hydrogen-bond donors (Lipinski definition) is 1. The van der Waals surface area contributed by atoms with E-state index in [2.05, 4.69) is 4.90 Å². The van der Waals surface area contributed by atoms with Crippen LogP contribution < -0.4 is 0 Å². The van der Waals surface area contributed by atoms with Gasteiger partial charge in [0.05, 0.1) is 0 Å². The van der Waals surface area contributed by atoms with Gasteiger partial charge in [0.2, 0.25) is 0 Å². The highest BCUT2D eigenvalue weighted by molar-refractivity contribution is 4.95. The van der Waals surface area contributed by atoms with Crippen LogP contribution >= 0.6 is 0 Å². The lowest BCUT2D eigenvalue weighted by atomic mass is 9.73. The lowest BCUT2D eigenvalue weighted by molar-refractivity contribution is -0.0129. The van der Waals surface area contributed by atoms with E-state index >= 15 is 0 Å². The molecule has 1 saturated carbocycles.